The van der Waals surface area contributed by atoms with Crippen LogP contribution in [-0.2, 0) is 4.79 Å². The Morgan fingerprint density at radius 1 is 1.39 bits per heavy atom. The molecule has 1 aromatic carbocycles. The Balaban J connectivity index is 2.69. The van der Waals surface area contributed by atoms with Crippen molar-refractivity contribution in [2.75, 3.05) is 20.7 Å². The summed E-state index contributed by atoms with van der Waals surface area (Å²) >= 11 is 3.24. The predicted octanol–water partition coefficient (Wildman–Crippen LogP) is 2.00. The minimum atomic E-state index is -1.06. The molecular formula is C12H14BrNO4. The summed E-state index contributed by atoms with van der Waals surface area (Å²) in [5, 5.41) is 8.98. The minimum Gasteiger partial charge on any atom is -0.492 e. The van der Waals surface area contributed by atoms with Gasteiger partial charge in [-0.3, -0.25) is 4.79 Å². The summed E-state index contributed by atoms with van der Waals surface area (Å²) in [4.78, 5) is 23.8. The third-order valence-electron chi connectivity index (χ3n) is 2.25. The van der Waals surface area contributed by atoms with Crippen LogP contribution in [0.4, 0.5) is 0 Å². The van der Waals surface area contributed by atoms with Crippen LogP contribution in [0.3, 0.4) is 0 Å². The highest BCUT2D eigenvalue weighted by atomic mass is 79.9. The highest BCUT2D eigenvalue weighted by molar-refractivity contribution is 9.10. The van der Waals surface area contributed by atoms with E-state index in [0.29, 0.717) is 0 Å². The van der Waals surface area contributed by atoms with E-state index < -0.39 is 5.97 Å². The summed E-state index contributed by atoms with van der Waals surface area (Å²) < 4.78 is 6.07. The second-order valence-corrected chi connectivity index (χ2v) is 4.75. The van der Waals surface area contributed by atoms with Crippen molar-refractivity contribution >= 4 is 27.8 Å². The number of carboxylic acid groups (broad SMARTS) is 1. The maximum Gasteiger partial charge on any atom is 0.339 e. The Bertz CT molecular complexity index is 459. The molecule has 0 unspecified atom stereocenters. The summed E-state index contributed by atoms with van der Waals surface area (Å²) in [7, 11) is 3.31. The molecule has 18 heavy (non-hydrogen) atoms. The van der Waals surface area contributed by atoms with Crippen LogP contribution in [0.15, 0.2) is 22.7 Å². The lowest BCUT2D eigenvalue weighted by molar-refractivity contribution is -0.129. The molecule has 0 spiro atoms. The molecule has 6 heteroatoms. The number of amides is 1. The first-order chi connectivity index (χ1) is 8.41. The quantitative estimate of drug-likeness (QED) is 0.902. The highest BCUT2D eigenvalue weighted by Crippen LogP contribution is 2.24. The summed E-state index contributed by atoms with van der Waals surface area (Å²) in [6, 6.07) is 4.65. The van der Waals surface area contributed by atoms with Crippen LogP contribution in [0.25, 0.3) is 0 Å². The van der Waals surface area contributed by atoms with Crippen molar-refractivity contribution in [1.29, 1.82) is 0 Å². The normalized spacial score (nSPS) is 9.94. The van der Waals surface area contributed by atoms with Crippen molar-refractivity contribution < 1.29 is 19.4 Å². The molecule has 5 nitrogen and oxygen atoms in total. The van der Waals surface area contributed by atoms with Gasteiger partial charge < -0.3 is 14.7 Å². The maximum absolute atomic E-state index is 11.3. The lowest BCUT2D eigenvalue weighted by atomic mass is 10.2. The second kappa shape index (κ2) is 6.39. The summed E-state index contributed by atoms with van der Waals surface area (Å²) in [6.45, 7) is 0.147. The first-order valence-corrected chi connectivity index (χ1v) is 6.07. The SMILES string of the molecule is CN(C)C(=O)CCOc1cc(Br)ccc1C(=O)O. The molecule has 1 N–H and O–H groups in total. The third-order valence-corrected chi connectivity index (χ3v) is 2.74. The van der Waals surface area contributed by atoms with Gasteiger partial charge in [0.15, 0.2) is 0 Å². The van der Waals surface area contributed by atoms with Crippen LogP contribution in [0.2, 0.25) is 0 Å². The highest BCUT2D eigenvalue weighted by Gasteiger charge is 2.12. The number of halogens is 1. The second-order valence-electron chi connectivity index (χ2n) is 3.83. The monoisotopic (exact) mass is 315 g/mol. The molecule has 1 rings (SSSR count). The third kappa shape index (κ3) is 4.03. The first kappa shape index (κ1) is 14.5. The topological polar surface area (TPSA) is 66.8 Å². The number of ether oxygens (including phenoxy) is 1. The van der Waals surface area contributed by atoms with Crippen molar-refractivity contribution in [2.24, 2.45) is 0 Å². The molecule has 1 aromatic rings. The molecule has 0 saturated heterocycles. The Morgan fingerprint density at radius 3 is 2.61 bits per heavy atom. The van der Waals surface area contributed by atoms with Gasteiger partial charge in [0.05, 0.1) is 13.0 Å². The Hall–Kier alpha value is -1.56. The lowest BCUT2D eigenvalue weighted by Crippen LogP contribution is -2.23. The zero-order chi connectivity index (χ0) is 13.7. The van der Waals surface area contributed by atoms with Gasteiger partial charge in [-0.25, -0.2) is 4.79 Å². The van der Waals surface area contributed by atoms with E-state index >= 15 is 0 Å². The minimum absolute atomic E-state index is 0.0677. The predicted molar refractivity (Wildman–Crippen MR) is 69.9 cm³/mol. The fraction of sp³-hybridized carbons (Fsp3) is 0.333. The molecule has 1 amide bonds. The van der Waals surface area contributed by atoms with Crippen molar-refractivity contribution in [3.8, 4) is 5.75 Å². The fourth-order valence-corrected chi connectivity index (χ4v) is 1.60. The van der Waals surface area contributed by atoms with E-state index in [1.165, 1.54) is 11.0 Å². The van der Waals surface area contributed by atoms with Gasteiger partial charge in [-0.15, -0.1) is 0 Å². The Morgan fingerprint density at radius 2 is 2.06 bits per heavy atom. The van der Waals surface area contributed by atoms with E-state index in [1.54, 1.807) is 26.2 Å². The van der Waals surface area contributed by atoms with Crippen molar-refractivity contribution in [2.45, 2.75) is 6.42 Å². The number of hydrogen-bond acceptors (Lipinski definition) is 3. The van der Waals surface area contributed by atoms with Gasteiger partial charge >= 0.3 is 5.97 Å². The largest absolute Gasteiger partial charge is 0.492 e. The van der Waals surface area contributed by atoms with Crippen molar-refractivity contribution in [3.63, 3.8) is 0 Å². The van der Waals surface area contributed by atoms with E-state index in [2.05, 4.69) is 15.9 Å². The molecule has 0 aromatic heterocycles. The lowest BCUT2D eigenvalue weighted by Gasteiger charge is -2.12. The number of aromatic carboxylic acids is 1. The average molecular weight is 316 g/mol. The van der Waals surface area contributed by atoms with Crippen LogP contribution in [0, 0.1) is 0 Å². The van der Waals surface area contributed by atoms with Crippen LogP contribution in [-0.4, -0.2) is 42.6 Å². The number of carboxylic acids is 1. The van der Waals surface area contributed by atoms with E-state index in [9.17, 15) is 9.59 Å². The average Bonchev–Trinajstić information content (AvgIpc) is 2.28. The molecule has 0 aliphatic carbocycles. The summed E-state index contributed by atoms with van der Waals surface area (Å²) in [5.41, 5.74) is 0.0792. The smallest absolute Gasteiger partial charge is 0.339 e. The molecule has 0 aliphatic rings. The van der Waals surface area contributed by atoms with Crippen LogP contribution >= 0.6 is 15.9 Å². The van der Waals surface area contributed by atoms with E-state index in [-0.39, 0.29) is 30.2 Å². The molecule has 0 atom stereocenters. The summed E-state index contributed by atoms with van der Waals surface area (Å²) in [6.07, 6.45) is 0.207. The van der Waals surface area contributed by atoms with Gasteiger partial charge in [0.1, 0.15) is 11.3 Å². The number of benzene rings is 1. The molecular weight excluding hydrogens is 302 g/mol. The van der Waals surface area contributed by atoms with Crippen molar-refractivity contribution in [1.82, 2.24) is 4.90 Å². The number of nitrogens with zero attached hydrogens (tertiary/aromatic N) is 1. The first-order valence-electron chi connectivity index (χ1n) is 5.27. The van der Waals surface area contributed by atoms with E-state index in [4.69, 9.17) is 9.84 Å². The Labute approximate surface area is 113 Å². The zero-order valence-electron chi connectivity index (χ0n) is 10.1. The van der Waals surface area contributed by atoms with Gasteiger partial charge in [0, 0.05) is 18.6 Å². The van der Waals surface area contributed by atoms with Crippen LogP contribution < -0.4 is 4.74 Å². The van der Waals surface area contributed by atoms with Crippen molar-refractivity contribution in [3.05, 3.63) is 28.2 Å². The summed E-state index contributed by atoms with van der Waals surface area (Å²) in [5.74, 6) is -0.873. The number of hydrogen-bond donors (Lipinski definition) is 1. The van der Waals surface area contributed by atoms with Crippen LogP contribution in [0.5, 0.6) is 5.75 Å². The molecule has 0 bridgehead atoms. The van der Waals surface area contributed by atoms with Gasteiger partial charge in [-0.2, -0.15) is 0 Å². The molecule has 98 valence electrons. The molecule has 0 saturated carbocycles. The van der Waals surface area contributed by atoms with Gasteiger partial charge in [-0.05, 0) is 18.2 Å². The fourth-order valence-electron chi connectivity index (χ4n) is 1.26. The molecule has 0 fully saturated rings. The van der Waals surface area contributed by atoms with Gasteiger partial charge in [-0.1, -0.05) is 15.9 Å². The molecule has 0 heterocycles. The number of carbonyl (C=O) groups excluding carboxylic acids is 1. The van der Waals surface area contributed by atoms with Gasteiger partial charge in [0.2, 0.25) is 5.91 Å². The zero-order valence-corrected chi connectivity index (χ0v) is 11.7. The molecule has 0 aliphatic heterocycles. The van der Waals surface area contributed by atoms with Gasteiger partial charge in [0.25, 0.3) is 0 Å². The number of rotatable bonds is 5. The Kier molecular flexibility index (Phi) is 5.15. The molecule has 0 radical (unpaired) electrons. The van der Waals surface area contributed by atoms with E-state index in [1.807, 2.05) is 0 Å². The van der Waals surface area contributed by atoms with Crippen LogP contribution in [0.1, 0.15) is 16.8 Å². The number of carbonyl (C=O) groups is 2. The van der Waals surface area contributed by atoms with E-state index in [0.717, 1.165) is 4.47 Å². The standard InChI is InChI=1S/C12H14BrNO4/c1-14(2)11(15)5-6-18-10-7-8(13)3-4-9(10)12(16)17/h3-4,7H,5-6H2,1-2H3,(H,16,17). The maximum atomic E-state index is 11.3.